The largest absolute Gasteiger partial charge is 0.393 e. The first-order chi connectivity index (χ1) is 11.7. The summed E-state index contributed by atoms with van der Waals surface area (Å²) in [6, 6.07) is 0. The lowest BCUT2D eigenvalue weighted by molar-refractivity contribution is -0.135. The highest BCUT2D eigenvalue weighted by atomic mass is 16.6. The quantitative estimate of drug-likeness (QED) is 0.577. The van der Waals surface area contributed by atoms with Crippen molar-refractivity contribution in [3.05, 3.63) is 11.6 Å². The second kappa shape index (κ2) is 4.59. The minimum atomic E-state index is -0.511. The van der Waals surface area contributed by atoms with Gasteiger partial charge in [-0.05, 0) is 82.0 Å². The van der Waals surface area contributed by atoms with E-state index in [0.717, 1.165) is 38.5 Å². The summed E-state index contributed by atoms with van der Waals surface area (Å²) in [6.45, 7) is 8.72. The fourth-order valence-electron chi connectivity index (χ4n) is 8.26. The van der Waals surface area contributed by atoms with Gasteiger partial charge in [0.05, 0.1) is 6.10 Å². The van der Waals surface area contributed by atoms with Crippen molar-refractivity contribution in [3.63, 3.8) is 0 Å². The van der Waals surface area contributed by atoms with Crippen LogP contribution in [0.5, 0.6) is 0 Å². The first kappa shape index (κ1) is 16.5. The molecule has 0 aromatic carbocycles. The number of carbonyl (C=O) groups excluding carboxylic acids is 1. The molecule has 5 aliphatic rings. The first-order valence-corrected chi connectivity index (χ1v) is 10.3. The van der Waals surface area contributed by atoms with Gasteiger partial charge in [0.25, 0.3) is 0 Å². The molecule has 0 spiro atoms. The second-order valence-corrected chi connectivity index (χ2v) is 10.4. The third-order valence-corrected chi connectivity index (χ3v) is 9.46. The van der Waals surface area contributed by atoms with Crippen LogP contribution in [0.2, 0.25) is 0 Å². The topological polar surface area (TPSA) is 49.8 Å². The molecule has 0 bridgehead atoms. The lowest BCUT2D eigenvalue weighted by Crippen LogP contribution is -2.54. The van der Waals surface area contributed by atoms with Gasteiger partial charge in [0.2, 0.25) is 0 Å². The molecule has 4 fully saturated rings. The zero-order valence-corrected chi connectivity index (χ0v) is 16.1. The number of hydrogen-bond donors (Lipinski definition) is 1. The van der Waals surface area contributed by atoms with Crippen molar-refractivity contribution < 1.29 is 14.6 Å². The second-order valence-electron chi connectivity index (χ2n) is 10.4. The number of ketones is 1. The standard InChI is InChI=1S/C22H32O3/c1-13(23)22-20(3)10-8-17-16(18(20)12-21(22,4)25-22)6-5-14-11-15(24)7-9-19(14,17)2/h5,15-18,24H,6-12H2,1-4H3/t15-,16-,17+,18+,19+,20+,21-,22+/m1/s1. The number of ether oxygens (including phenoxy) is 1. The van der Waals surface area contributed by atoms with Crippen LogP contribution in [0.1, 0.15) is 72.6 Å². The van der Waals surface area contributed by atoms with Gasteiger partial charge in [-0.3, -0.25) is 4.79 Å². The smallest absolute Gasteiger partial charge is 0.165 e. The molecule has 3 saturated carbocycles. The predicted molar refractivity (Wildman–Crippen MR) is 96.0 cm³/mol. The van der Waals surface area contributed by atoms with E-state index in [0.29, 0.717) is 17.8 Å². The number of carbonyl (C=O) groups is 1. The van der Waals surface area contributed by atoms with Crippen LogP contribution in [0.3, 0.4) is 0 Å². The molecule has 8 atom stereocenters. The molecule has 1 aliphatic heterocycles. The van der Waals surface area contributed by atoms with Gasteiger partial charge in [-0.15, -0.1) is 0 Å². The van der Waals surface area contributed by atoms with Crippen LogP contribution in [-0.4, -0.2) is 28.2 Å². The molecular weight excluding hydrogens is 312 g/mol. The number of allylic oxidation sites excluding steroid dienone is 1. The van der Waals surface area contributed by atoms with E-state index in [2.05, 4.69) is 26.8 Å². The number of rotatable bonds is 1. The van der Waals surface area contributed by atoms with Crippen LogP contribution in [-0.2, 0) is 9.53 Å². The fourth-order valence-corrected chi connectivity index (χ4v) is 8.26. The van der Waals surface area contributed by atoms with Crippen molar-refractivity contribution >= 4 is 5.78 Å². The van der Waals surface area contributed by atoms with Crippen LogP contribution in [0.4, 0.5) is 0 Å². The number of Topliss-reactive ketones (excluding diaryl/α,β-unsaturated/α-hetero) is 1. The molecule has 4 aliphatic carbocycles. The van der Waals surface area contributed by atoms with E-state index in [1.165, 1.54) is 12.0 Å². The summed E-state index contributed by atoms with van der Waals surface area (Å²) in [6.07, 6.45) is 9.75. The molecule has 1 heterocycles. The van der Waals surface area contributed by atoms with Gasteiger partial charge >= 0.3 is 0 Å². The Morgan fingerprint density at radius 3 is 2.68 bits per heavy atom. The number of hydrogen-bond acceptors (Lipinski definition) is 3. The molecule has 138 valence electrons. The first-order valence-electron chi connectivity index (χ1n) is 10.3. The Balaban J connectivity index is 1.53. The summed E-state index contributed by atoms with van der Waals surface area (Å²) < 4.78 is 6.19. The summed E-state index contributed by atoms with van der Waals surface area (Å²) in [5.41, 5.74) is 1.05. The van der Waals surface area contributed by atoms with E-state index >= 15 is 0 Å². The Morgan fingerprint density at radius 2 is 1.96 bits per heavy atom. The van der Waals surface area contributed by atoms with Crippen molar-refractivity contribution in [1.82, 2.24) is 0 Å². The zero-order chi connectivity index (χ0) is 17.8. The van der Waals surface area contributed by atoms with Crippen molar-refractivity contribution in [2.75, 3.05) is 0 Å². The summed E-state index contributed by atoms with van der Waals surface area (Å²) in [5, 5.41) is 10.1. The Hall–Kier alpha value is -0.670. The maximum atomic E-state index is 12.6. The minimum absolute atomic E-state index is 0.00460. The van der Waals surface area contributed by atoms with Gasteiger partial charge in [-0.2, -0.15) is 0 Å². The van der Waals surface area contributed by atoms with Crippen LogP contribution < -0.4 is 0 Å². The van der Waals surface area contributed by atoms with Gasteiger partial charge in [0.15, 0.2) is 11.4 Å². The maximum absolute atomic E-state index is 12.6. The van der Waals surface area contributed by atoms with E-state index in [9.17, 15) is 9.90 Å². The summed E-state index contributed by atoms with van der Waals surface area (Å²) in [5.74, 6) is 2.23. The third kappa shape index (κ3) is 1.69. The molecule has 1 N–H and O–H groups in total. The van der Waals surface area contributed by atoms with E-state index in [-0.39, 0.29) is 28.3 Å². The molecule has 0 aromatic rings. The van der Waals surface area contributed by atoms with Gasteiger partial charge < -0.3 is 9.84 Å². The molecule has 0 unspecified atom stereocenters. The molecule has 0 amide bonds. The monoisotopic (exact) mass is 344 g/mol. The number of aliphatic hydroxyl groups excluding tert-OH is 1. The average molecular weight is 344 g/mol. The maximum Gasteiger partial charge on any atom is 0.165 e. The van der Waals surface area contributed by atoms with E-state index in [4.69, 9.17) is 4.74 Å². The van der Waals surface area contributed by atoms with Crippen molar-refractivity contribution in [2.24, 2.45) is 28.6 Å². The van der Waals surface area contributed by atoms with Crippen LogP contribution in [0.15, 0.2) is 11.6 Å². The Bertz CT molecular complexity index is 683. The number of fused-ring (bicyclic) bond motifs is 7. The normalized spacial score (nSPS) is 59.2. The van der Waals surface area contributed by atoms with Crippen LogP contribution >= 0.6 is 0 Å². The summed E-state index contributed by atoms with van der Waals surface area (Å²) >= 11 is 0. The molecule has 5 rings (SSSR count). The van der Waals surface area contributed by atoms with Crippen molar-refractivity contribution in [2.45, 2.75) is 89.9 Å². The van der Waals surface area contributed by atoms with Crippen LogP contribution in [0.25, 0.3) is 0 Å². The lowest BCUT2D eigenvalue weighted by Gasteiger charge is -2.58. The SMILES string of the molecule is CC(=O)[C@@]12O[C@]1(C)C[C@H]1[C@@H]3CC=C4C[C@H](O)CC[C@]4(C)[C@H]3CC[C@@]12C. The Labute approximate surface area is 151 Å². The molecule has 0 radical (unpaired) electrons. The summed E-state index contributed by atoms with van der Waals surface area (Å²) in [4.78, 5) is 12.6. The third-order valence-electron chi connectivity index (χ3n) is 9.46. The highest BCUT2D eigenvalue weighted by Gasteiger charge is 2.85. The predicted octanol–water partition coefficient (Wildman–Crippen LogP) is 4.04. The number of epoxide rings is 1. The van der Waals surface area contributed by atoms with Crippen molar-refractivity contribution in [1.29, 1.82) is 0 Å². The Kier molecular flexibility index (Phi) is 3.03. The van der Waals surface area contributed by atoms with Gasteiger partial charge in [-0.1, -0.05) is 25.5 Å². The van der Waals surface area contributed by atoms with E-state index < -0.39 is 5.60 Å². The van der Waals surface area contributed by atoms with E-state index in [1.54, 1.807) is 6.92 Å². The minimum Gasteiger partial charge on any atom is -0.393 e. The molecule has 25 heavy (non-hydrogen) atoms. The van der Waals surface area contributed by atoms with E-state index in [1.807, 2.05) is 0 Å². The molecule has 0 aromatic heterocycles. The summed E-state index contributed by atoms with van der Waals surface area (Å²) in [7, 11) is 0. The highest BCUT2D eigenvalue weighted by Crippen LogP contribution is 2.77. The molecule has 3 heteroatoms. The van der Waals surface area contributed by atoms with Gasteiger partial charge in [0.1, 0.15) is 5.60 Å². The van der Waals surface area contributed by atoms with Crippen LogP contribution in [0, 0.1) is 28.6 Å². The van der Waals surface area contributed by atoms with Crippen molar-refractivity contribution in [3.8, 4) is 0 Å². The Morgan fingerprint density at radius 1 is 1.20 bits per heavy atom. The highest BCUT2D eigenvalue weighted by molar-refractivity contribution is 5.91. The molecule has 3 nitrogen and oxygen atoms in total. The van der Waals surface area contributed by atoms with Gasteiger partial charge in [-0.25, -0.2) is 0 Å². The van der Waals surface area contributed by atoms with Gasteiger partial charge in [0, 0.05) is 5.41 Å². The molecule has 1 saturated heterocycles. The zero-order valence-electron chi connectivity index (χ0n) is 16.1. The fraction of sp³-hybridized carbons (Fsp3) is 0.864. The molecular formula is C22H32O3. The lowest BCUT2D eigenvalue weighted by atomic mass is 9.47. The average Bonchev–Trinajstić information content (AvgIpc) is 3.13. The number of aliphatic hydroxyl groups is 1.